The number of aliphatic hydroxyl groups is 3. The number of allylic oxidation sites excluding steroid dienone is 1. The third-order valence-electron chi connectivity index (χ3n) is 7.68. The smallest absolute Gasteiger partial charge is 0.242 e. The molecule has 2 bridgehead atoms. The third kappa shape index (κ3) is 2.85. The molecular weight excluding hydrogens is 376 g/mol. The van der Waals surface area contributed by atoms with Crippen LogP contribution in [0.5, 0.6) is 0 Å². The van der Waals surface area contributed by atoms with Crippen molar-refractivity contribution in [2.75, 3.05) is 0 Å². The van der Waals surface area contributed by atoms with Crippen LogP contribution < -0.4 is 0 Å². The fraction of sp³-hybridized carbons (Fsp3) is 0.864. The minimum Gasteiger partial charge on any atom is -0.463 e. The van der Waals surface area contributed by atoms with E-state index in [4.69, 9.17) is 14.2 Å². The molecule has 8 atom stereocenters. The average molecular weight is 408 g/mol. The summed E-state index contributed by atoms with van der Waals surface area (Å²) in [5.41, 5.74) is 0.487. The van der Waals surface area contributed by atoms with Gasteiger partial charge in [0.05, 0.1) is 18.1 Å². The van der Waals surface area contributed by atoms with Crippen molar-refractivity contribution in [2.24, 2.45) is 11.8 Å². The van der Waals surface area contributed by atoms with Crippen LogP contribution in [0.4, 0.5) is 0 Å². The highest BCUT2D eigenvalue weighted by molar-refractivity contribution is 6.00. The van der Waals surface area contributed by atoms with Gasteiger partial charge in [-0.2, -0.15) is 0 Å². The van der Waals surface area contributed by atoms with Crippen LogP contribution in [-0.2, 0) is 19.0 Å². The lowest BCUT2D eigenvalue weighted by Crippen LogP contribution is -2.69. The lowest BCUT2D eigenvalue weighted by molar-refractivity contribution is -0.385. The molecule has 0 radical (unpaired) electrons. The van der Waals surface area contributed by atoms with Gasteiger partial charge in [-0.3, -0.25) is 4.79 Å². The highest BCUT2D eigenvalue weighted by Crippen LogP contribution is 2.62. The van der Waals surface area contributed by atoms with E-state index in [0.717, 1.165) is 19.3 Å². The second-order valence-electron chi connectivity index (χ2n) is 9.46. The predicted molar refractivity (Wildman–Crippen MR) is 101 cm³/mol. The Labute approximate surface area is 171 Å². The molecular formula is C22H32O7. The first-order valence-corrected chi connectivity index (χ1v) is 11.3. The summed E-state index contributed by atoms with van der Waals surface area (Å²) in [4.78, 5) is 12.9. The summed E-state index contributed by atoms with van der Waals surface area (Å²) < 4.78 is 18.8. The van der Waals surface area contributed by atoms with Crippen LogP contribution in [0.2, 0.25) is 0 Å². The molecule has 5 rings (SSSR count). The first-order chi connectivity index (χ1) is 13.9. The molecule has 0 unspecified atom stereocenters. The molecule has 162 valence electrons. The van der Waals surface area contributed by atoms with E-state index < -0.39 is 29.7 Å². The maximum atomic E-state index is 12.9. The van der Waals surface area contributed by atoms with Crippen molar-refractivity contribution in [2.45, 2.75) is 107 Å². The van der Waals surface area contributed by atoms with Crippen molar-refractivity contribution in [1.82, 2.24) is 0 Å². The monoisotopic (exact) mass is 408 g/mol. The Bertz CT molecular complexity index is 720. The number of unbranched alkanes of at least 4 members (excludes halogenated alkanes) is 3. The fourth-order valence-corrected chi connectivity index (χ4v) is 6.34. The van der Waals surface area contributed by atoms with Crippen LogP contribution in [0.25, 0.3) is 0 Å². The van der Waals surface area contributed by atoms with Gasteiger partial charge < -0.3 is 29.5 Å². The summed E-state index contributed by atoms with van der Waals surface area (Å²) in [6.07, 6.45) is 5.12. The minimum atomic E-state index is -1.83. The van der Waals surface area contributed by atoms with Gasteiger partial charge in [-0.15, -0.1) is 0 Å². The predicted octanol–water partition coefficient (Wildman–Crippen LogP) is 1.92. The molecule has 3 fully saturated rings. The maximum Gasteiger partial charge on any atom is 0.242 e. The number of ether oxygens (including phenoxy) is 3. The number of carbonyl (C=O) groups excluding carboxylic acids is 1. The molecule has 2 aliphatic carbocycles. The number of hydrogen-bond donors (Lipinski definition) is 3. The maximum absolute atomic E-state index is 12.9. The molecule has 3 heterocycles. The van der Waals surface area contributed by atoms with Crippen molar-refractivity contribution >= 4 is 5.78 Å². The number of hydrogen-bond acceptors (Lipinski definition) is 7. The molecule has 0 aromatic heterocycles. The van der Waals surface area contributed by atoms with Crippen molar-refractivity contribution in [3.63, 3.8) is 0 Å². The van der Waals surface area contributed by atoms with E-state index in [1.165, 1.54) is 12.8 Å². The number of rotatable bonds is 5. The largest absolute Gasteiger partial charge is 0.463 e. The highest BCUT2D eigenvalue weighted by atomic mass is 16.8. The molecule has 0 aromatic rings. The van der Waals surface area contributed by atoms with Crippen molar-refractivity contribution < 1.29 is 34.3 Å². The number of Topliss-reactive ketones (excluding diaryl/α,β-unsaturated/α-hetero) is 1. The van der Waals surface area contributed by atoms with E-state index in [0.29, 0.717) is 37.0 Å². The van der Waals surface area contributed by atoms with Gasteiger partial charge in [-0.25, -0.2) is 0 Å². The molecule has 7 heteroatoms. The summed E-state index contributed by atoms with van der Waals surface area (Å²) in [5.74, 6) is -3.76. The lowest BCUT2D eigenvalue weighted by Gasteiger charge is -2.58. The molecule has 3 N–H and O–H groups in total. The normalized spacial score (nSPS) is 48.2. The summed E-state index contributed by atoms with van der Waals surface area (Å²) in [6, 6.07) is 0. The Balaban J connectivity index is 1.50. The van der Waals surface area contributed by atoms with Crippen LogP contribution in [0.15, 0.2) is 11.3 Å². The van der Waals surface area contributed by atoms with Crippen LogP contribution in [0.3, 0.4) is 0 Å². The summed E-state index contributed by atoms with van der Waals surface area (Å²) >= 11 is 0. The zero-order chi connectivity index (χ0) is 20.4. The van der Waals surface area contributed by atoms with Gasteiger partial charge in [0.25, 0.3) is 0 Å². The van der Waals surface area contributed by atoms with Gasteiger partial charge >= 0.3 is 0 Å². The molecule has 5 aliphatic rings. The zero-order valence-corrected chi connectivity index (χ0v) is 17.0. The third-order valence-corrected chi connectivity index (χ3v) is 7.68. The van der Waals surface area contributed by atoms with Crippen molar-refractivity contribution in [3.05, 3.63) is 11.3 Å². The molecule has 0 amide bonds. The second-order valence-corrected chi connectivity index (χ2v) is 9.46. The molecule has 7 nitrogen and oxygen atoms in total. The number of ketones is 1. The Morgan fingerprint density at radius 3 is 2.76 bits per heavy atom. The van der Waals surface area contributed by atoms with Crippen molar-refractivity contribution in [1.29, 1.82) is 0 Å². The SMILES string of the molecule is CCCCCC[C@@H]1O[C@]23CC[C@H](O)[C@@]4(O)OC5=C(C(=O)[C@H](O)CC5)[C@H](C[C@@H]1O2)[C@H]34. The minimum absolute atomic E-state index is 0.0791. The quantitative estimate of drug-likeness (QED) is 0.597. The average Bonchev–Trinajstić information content (AvgIpc) is 2.96. The second kappa shape index (κ2) is 7.02. The molecule has 1 spiro atoms. The van der Waals surface area contributed by atoms with Gasteiger partial charge in [0.15, 0.2) is 11.6 Å². The Hall–Kier alpha value is -0.990. The zero-order valence-electron chi connectivity index (χ0n) is 17.0. The summed E-state index contributed by atoms with van der Waals surface area (Å²) in [6.45, 7) is 2.18. The molecule has 3 aliphatic heterocycles. The van der Waals surface area contributed by atoms with E-state index in [1.807, 2.05) is 0 Å². The van der Waals surface area contributed by atoms with E-state index in [2.05, 4.69) is 6.92 Å². The lowest BCUT2D eigenvalue weighted by atomic mass is 9.62. The topological polar surface area (TPSA) is 105 Å². The van der Waals surface area contributed by atoms with Crippen LogP contribution in [-0.4, -0.2) is 57.1 Å². The number of aliphatic hydroxyl groups excluding tert-OH is 2. The molecule has 1 saturated carbocycles. The molecule has 2 saturated heterocycles. The van der Waals surface area contributed by atoms with E-state index in [9.17, 15) is 20.1 Å². The van der Waals surface area contributed by atoms with E-state index >= 15 is 0 Å². The number of carbonyl (C=O) groups is 1. The van der Waals surface area contributed by atoms with Crippen LogP contribution in [0.1, 0.15) is 71.1 Å². The van der Waals surface area contributed by atoms with Crippen LogP contribution >= 0.6 is 0 Å². The van der Waals surface area contributed by atoms with Gasteiger partial charge in [0.1, 0.15) is 18.0 Å². The first-order valence-electron chi connectivity index (χ1n) is 11.3. The fourth-order valence-electron chi connectivity index (χ4n) is 6.34. The van der Waals surface area contributed by atoms with Gasteiger partial charge in [0.2, 0.25) is 5.79 Å². The Morgan fingerprint density at radius 1 is 1.14 bits per heavy atom. The van der Waals surface area contributed by atoms with E-state index in [1.54, 1.807) is 0 Å². The van der Waals surface area contributed by atoms with E-state index in [-0.39, 0.29) is 30.3 Å². The standard InChI is InChI=1S/C22H32O7/c1-2-3-4-5-6-14-16-11-12-18-15(8-7-13(23)19(18)25)29-22(26)17(24)9-10-21(27-14,28-16)20(12)22/h12-14,16-17,20,23-24,26H,2-11H2,1H3/t12-,13+,14-,16-,17-,20+,21+,22+/m0/s1. The Morgan fingerprint density at radius 2 is 1.97 bits per heavy atom. The van der Waals surface area contributed by atoms with Gasteiger partial charge in [0, 0.05) is 24.3 Å². The first kappa shape index (κ1) is 19.9. The summed E-state index contributed by atoms with van der Waals surface area (Å²) in [7, 11) is 0. The van der Waals surface area contributed by atoms with Gasteiger partial charge in [-0.1, -0.05) is 32.6 Å². The van der Waals surface area contributed by atoms with Crippen molar-refractivity contribution in [3.8, 4) is 0 Å². The van der Waals surface area contributed by atoms with Crippen LogP contribution in [0, 0.1) is 11.8 Å². The number of fused-ring (bicyclic) bond motifs is 2. The molecule has 29 heavy (non-hydrogen) atoms. The summed E-state index contributed by atoms with van der Waals surface area (Å²) in [5, 5.41) is 32.3. The van der Waals surface area contributed by atoms with Gasteiger partial charge in [-0.05, 0) is 25.7 Å². The molecule has 0 aromatic carbocycles. The highest BCUT2D eigenvalue weighted by Gasteiger charge is 2.72. The Kier molecular flexibility index (Phi) is 4.83.